The molecule has 0 bridgehead atoms. The molecule has 1 saturated heterocycles. The van der Waals surface area contributed by atoms with Gasteiger partial charge in [-0.1, -0.05) is 6.07 Å². The topological polar surface area (TPSA) is 130 Å². The molecule has 1 fully saturated rings. The van der Waals surface area contributed by atoms with Crippen molar-refractivity contribution in [3.05, 3.63) is 45.9 Å². The number of quaternary nitrogens is 1. The van der Waals surface area contributed by atoms with Gasteiger partial charge in [0.1, 0.15) is 6.73 Å². The number of hydroxylamine groups is 1. The van der Waals surface area contributed by atoms with Crippen molar-refractivity contribution >= 4 is 27.6 Å². The first-order valence-electron chi connectivity index (χ1n) is 12.1. The van der Waals surface area contributed by atoms with E-state index < -0.39 is 26.8 Å². The van der Waals surface area contributed by atoms with Gasteiger partial charge in [0.25, 0.3) is 0 Å². The van der Waals surface area contributed by atoms with Crippen molar-refractivity contribution in [2.24, 2.45) is 0 Å². The van der Waals surface area contributed by atoms with E-state index in [4.69, 9.17) is 9.47 Å². The Kier molecular flexibility index (Phi) is 6.82. The van der Waals surface area contributed by atoms with Gasteiger partial charge in [-0.2, -0.15) is 18.0 Å². The maximum atomic E-state index is 13.6. The first-order valence-corrected chi connectivity index (χ1v) is 13.5. The van der Waals surface area contributed by atoms with E-state index in [9.17, 15) is 18.4 Å². The number of methoxy groups -OCH3 is 1. The fraction of sp³-hybridized carbons (Fsp3) is 0.565. The third-order valence-corrected chi connectivity index (χ3v) is 8.73. The summed E-state index contributed by atoms with van der Waals surface area (Å²) in [4.78, 5) is 13.2. The predicted octanol–water partition coefficient (Wildman–Crippen LogP) is 1.31. The maximum absolute atomic E-state index is 13.6. The Bertz CT molecular complexity index is 1170. The molecular weight excluding hydrogens is 474 g/mol. The fourth-order valence-corrected chi connectivity index (χ4v) is 6.91. The minimum atomic E-state index is -4.67. The van der Waals surface area contributed by atoms with Gasteiger partial charge in [0.15, 0.2) is 0 Å². The Morgan fingerprint density at radius 3 is 2.51 bits per heavy atom. The van der Waals surface area contributed by atoms with Crippen molar-refractivity contribution in [1.82, 2.24) is 9.78 Å². The van der Waals surface area contributed by atoms with Gasteiger partial charge in [-0.15, -0.1) is 0 Å². The molecule has 0 saturated carbocycles. The Morgan fingerprint density at radius 2 is 1.89 bits per heavy atom. The lowest BCUT2D eigenvalue weighted by atomic mass is 9.99. The number of rotatable bonds is 7. The van der Waals surface area contributed by atoms with Gasteiger partial charge >= 0.3 is 16.2 Å². The number of amides is 2. The highest BCUT2D eigenvalue weighted by molar-refractivity contribution is 7.86. The van der Waals surface area contributed by atoms with Crippen LogP contribution in [0.25, 0.3) is 0 Å². The molecule has 11 nitrogen and oxygen atoms in total. The summed E-state index contributed by atoms with van der Waals surface area (Å²) in [5, 5.41) is 20.1. The second-order valence-electron chi connectivity index (χ2n) is 9.28. The second-order valence-corrected chi connectivity index (χ2v) is 11.0. The number of nitrogens with zero attached hydrogens (tertiary/aromatic N) is 3. The van der Waals surface area contributed by atoms with Crippen molar-refractivity contribution in [2.75, 3.05) is 29.9 Å². The number of benzene rings is 1. The van der Waals surface area contributed by atoms with Gasteiger partial charge < -0.3 is 14.7 Å². The normalized spacial score (nSPS) is 18.8. The molecule has 5 rings (SSSR count). The molecule has 2 aliphatic carbocycles. The summed E-state index contributed by atoms with van der Waals surface area (Å²) in [5.74, 6) is 0. The first kappa shape index (κ1) is 24.2. The van der Waals surface area contributed by atoms with E-state index in [-0.39, 0.29) is 12.4 Å². The lowest BCUT2D eigenvalue weighted by Crippen LogP contribution is -3.14. The van der Waals surface area contributed by atoms with Crippen LogP contribution in [0.4, 0.5) is 16.2 Å². The lowest BCUT2D eigenvalue weighted by Gasteiger charge is -2.35. The standard InChI is InChI=1S/C23H31N5O6S/c1-33-15-26-14-19(13-24-26)27(18-8-10-34-11-9-18)35(31,32)28(30)23(29)25-22-20-6-2-4-16(20)12-17-5-3-7-21(17)22/h12-14,18,28H,2-11,15H2,1H3,(H,25,29). The van der Waals surface area contributed by atoms with E-state index in [2.05, 4.69) is 16.5 Å². The average molecular weight is 506 g/mol. The zero-order valence-corrected chi connectivity index (χ0v) is 20.6. The molecule has 190 valence electrons. The van der Waals surface area contributed by atoms with Crippen molar-refractivity contribution in [2.45, 2.75) is 64.1 Å². The van der Waals surface area contributed by atoms with Gasteiger partial charge in [0, 0.05) is 20.3 Å². The van der Waals surface area contributed by atoms with Gasteiger partial charge in [-0.05, 0) is 73.6 Å². The van der Waals surface area contributed by atoms with Crippen molar-refractivity contribution < 1.29 is 27.2 Å². The molecule has 0 spiro atoms. The number of hydrogen-bond donors (Lipinski definition) is 2. The van der Waals surface area contributed by atoms with Crippen molar-refractivity contribution in [3.8, 4) is 0 Å². The highest BCUT2D eigenvalue weighted by Crippen LogP contribution is 2.38. The van der Waals surface area contributed by atoms with E-state index in [1.54, 1.807) is 0 Å². The molecule has 2 amide bonds. The van der Waals surface area contributed by atoms with Crippen LogP contribution in [0.15, 0.2) is 18.5 Å². The Hall–Kier alpha value is -2.51. The quantitative estimate of drug-likeness (QED) is 0.543. The molecule has 1 aliphatic heterocycles. The number of nitrogens with one attached hydrogen (secondary N) is 2. The fourth-order valence-electron chi connectivity index (χ4n) is 5.47. The number of hydrogen-bond acceptors (Lipinski definition) is 7. The molecule has 35 heavy (non-hydrogen) atoms. The van der Waals surface area contributed by atoms with E-state index in [0.29, 0.717) is 31.7 Å². The molecule has 0 radical (unpaired) electrons. The third-order valence-electron chi connectivity index (χ3n) is 7.05. The Labute approximate surface area is 204 Å². The van der Waals surface area contributed by atoms with Crippen LogP contribution in [-0.2, 0) is 52.1 Å². The number of ether oxygens (including phenoxy) is 2. The molecule has 1 atom stereocenters. The second kappa shape index (κ2) is 9.86. The van der Waals surface area contributed by atoms with Crippen molar-refractivity contribution in [1.29, 1.82) is 0 Å². The summed E-state index contributed by atoms with van der Waals surface area (Å²) in [6, 6.07) is 0.570. The first-order chi connectivity index (χ1) is 16.9. The highest BCUT2D eigenvalue weighted by Gasteiger charge is 2.40. The van der Waals surface area contributed by atoms with Crippen LogP contribution in [0.3, 0.4) is 0 Å². The van der Waals surface area contributed by atoms with E-state index >= 15 is 0 Å². The molecule has 1 aromatic carbocycles. The van der Waals surface area contributed by atoms with Gasteiger partial charge in [0.2, 0.25) is 0 Å². The minimum absolute atomic E-state index is 0.125. The molecule has 1 unspecified atom stereocenters. The molecule has 12 heteroatoms. The summed E-state index contributed by atoms with van der Waals surface area (Å²) in [6.07, 6.45) is 9.13. The number of aryl methyl sites for hydroxylation is 2. The summed E-state index contributed by atoms with van der Waals surface area (Å²) in [5.41, 5.74) is 5.30. The number of aromatic nitrogens is 2. The van der Waals surface area contributed by atoms with Crippen LogP contribution in [0.5, 0.6) is 0 Å². The highest BCUT2D eigenvalue weighted by atomic mass is 32.2. The Balaban J connectivity index is 1.45. The number of urea groups is 1. The molecular formula is C23H31N5O6S. The number of anilines is 2. The van der Waals surface area contributed by atoms with Crippen LogP contribution in [0, 0.1) is 5.21 Å². The van der Waals surface area contributed by atoms with Crippen molar-refractivity contribution in [3.63, 3.8) is 0 Å². The number of carbonyl (C=O) groups is 1. The zero-order chi connectivity index (χ0) is 24.6. The summed E-state index contributed by atoms with van der Waals surface area (Å²) >= 11 is 0. The monoisotopic (exact) mass is 505 g/mol. The van der Waals surface area contributed by atoms with Crippen LogP contribution in [0.2, 0.25) is 0 Å². The van der Waals surface area contributed by atoms with Gasteiger partial charge in [0.05, 0.1) is 29.8 Å². The van der Waals surface area contributed by atoms with Crippen LogP contribution >= 0.6 is 0 Å². The van der Waals surface area contributed by atoms with E-state index in [1.807, 2.05) is 0 Å². The maximum Gasteiger partial charge on any atom is 0.436 e. The van der Waals surface area contributed by atoms with Crippen LogP contribution in [-0.4, -0.2) is 50.6 Å². The van der Waals surface area contributed by atoms with Crippen LogP contribution < -0.4 is 14.1 Å². The predicted molar refractivity (Wildman–Crippen MR) is 128 cm³/mol. The lowest BCUT2D eigenvalue weighted by molar-refractivity contribution is -0.604. The van der Waals surface area contributed by atoms with E-state index in [1.165, 1.54) is 35.3 Å². The minimum Gasteiger partial charge on any atom is -0.608 e. The summed E-state index contributed by atoms with van der Waals surface area (Å²) in [7, 11) is -3.17. The summed E-state index contributed by atoms with van der Waals surface area (Å²) in [6.45, 7) is 0.859. The smallest absolute Gasteiger partial charge is 0.436 e. The Morgan fingerprint density at radius 1 is 1.23 bits per heavy atom. The molecule has 2 N–H and O–H groups in total. The molecule has 2 heterocycles. The SMILES string of the molecule is COCn1cc(N(C2CCOCC2)S(=O)(=O)[NH+]([O-])C(=O)Nc2c3c(cc4c2CCC4)CCC3)cn1. The largest absolute Gasteiger partial charge is 0.608 e. The van der Waals surface area contributed by atoms with Gasteiger partial charge in [-0.25, -0.2) is 13.8 Å². The average Bonchev–Trinajstić information content (AvgIpc) is 3.60. The molecule has 2 aromatic rings. The molecule has 1 aromatic heterocycles. The number of carbonyl (C=O) groups excluding carboxylic acids is 1. The van der Waals surface area contributed by atoms with E-state index in [0.717, 1.165) is 54.0 Å². The third kappa shape index (κ3) is 4.56. The number of fused-ring (bicyclic) bond motifs is 2. The summed E-state index contributed by atoms with van der Waals surface area (Å²) < 4.78 is 38.7. The zero-order valence-electron chi connectivity index (χ0n) is 19.8. The van der Waals surface area contributed by atoms with Gasteiger partial charge in [-0.3, -0.25) is 5.32 Å². The van der Waals surface area contributed by atoms with Crippen LogP contribution in [0.1, 0.15) is 47.9 Å². The molecule has 3 aliphatic rings.